The highest BCUT2D eigenvalue weighted by molar-refractivity contribution is 5.78. The van der Waals surface area contributed by atoms with Crippen molar-refractivity contribution >= 4 is 11.8 Å². The quantitative estimate of drug-likeness (QED) is 0.415. The van der Waals surface area contributed by atoms with Gasteiger partial charge < -0.3 is 30.5 Å². The fourth-order valence-electron chi connectivity index (χ4n) is 2.12. The van der Waals surface area contributed by atoms with Gasteiger partial charge in [0.15, 0.2) is 18.1 Å². The van der Waals surface area contributed by atoms with E-state index in [1.165, 1.54) is 7.05 Å². The third-order valence-electron chi connectivity index (χ3n) is 3.96. The Labute approximate surface area is 167 Å². The zero-order chi connectivity index (χ0) is 21.2. The third kappa shape index (κ3) is 9.05. The van der Waals surface area contributed by atoms with E-state index in [1.807, 2.05) is 27.7 Å². The molecular weight excluding hydrogens is 362 g/mol. The van der Waals surface area contributed by atoms with Crippen molar-refractivity contribution in [3.63, 3.8) is 0 Å². The predicted molar refractivity (Wildman–Crippen MR) is 107 cm³/mol. The lowest BCUT2D eigenvalue weighted by molar-refractivity contribution is -0.124. The van der Waals surface area contributed by atoms with Crippen LogP contribution in [0, 0.1) is 5.92 Å². The van der Waals surface area contributed by atoms with Crippen LogP contribution in [0.15, 0.2) is 24.3 Å². The van der Waals surface area contributed by atoms with E-state index in [4.69, 9.17) is 9.47 Å². The largest absolute Gasteiger partial charge is 0.487 e. The van der Waals surface area contributed by atoms with Crippen LogP contribution in [0.25, 0.3) is 0 Å². The molecule has 0 aromatic heterocycles. The number of carbonyl (C=O) groups is 2. The number of ether oxygens (including phenoxy) is 2. The number of nitrogens with one attached hydrogen (secondary N) is 3. The number of aliphatic hydroxyl groups excluding tert-OH is 1. The molecule has 1 rings (SSSR count). The van der Waals surface area contributed by atoms with E-state index in [0.717, 1.165) is 0 Å². The van der Waals surface area contributed by atoms with Crippen LogP contribution in [0.3, 0.4) is 0 Å². The molecule has 0 radical (unpaired) electrons. The topological polar surface area (TPSA) is 109 Å². The molecule has 8 heteroatoms. The molecule has 0 fully saturated rings. The Bertz CT molecular complexity index is 634. The maximum atomic E-state index is 11.7. The number of carbonyl (C=O) groups excluding carboxylic acids is 2. The Morgan fingerprint density at radius 1 is 1.14 bits per heavy atom. The second-order valence-corrected chi connectivity index (χ2v) is 7.51. The first kappa shape index (κ1) is 23.7. The number of aliphatic hydroxyl groups is 1. The standard InChI is InChI=1S/C20H33N3O5/c1-14(2)19(26)22-13-20(3,4)23-10-15(24)11-27-16-8-6-7-9-17(16)28-12-18(25)21-5/h6-9,14-15,23-24H,10-13H2,1-5H3,(H,21,25)(H,22,26). The summed E-state index contributed by atoms with van der Waals surface area (Å²) in [6, 6.07) is 6.97. The molecule has 1 atom stereocenters. The van der Waals surface area contributed by atoms with Crippen LogP contribution < -0.4 is 25.4 Å². The van der Waals surface area contributed by atoms with Gasteiger partial charge in [0, 0.05) is 31.6 Å². The molecular formula is C20H33N3O5. The molecule has 28 heavy (non-hydrogen) atoms. The van der Waals surface area contributed by atoms with Crippen molar-refractivity contribution < 1.29 is 24.2 Å². The van der Waals surface area contributed by atoms with Gasteiger partial charge in [-0.05, 0) is 26.0 Å². The Balaban J connectivity index is 2.45. The van der Waals surface area contributed by atoms with E-state index < -0.39 is 6.10 Å². The van der Waals surface area contributed by atoms with Crippen LogP contribution in [0.2, 0.25) is 0 Å². The summed E-state index contributed by atoms with van der Waals surface area (Å²) >= 11 is 0. The molecule has 2 amide bonds. The molecule has 0 spiro atoms. The first-order valence-corrected chi connectivity index (χ1v) is 9.40. The molecule has 0 aliphatic rings. The summed E-state index contributed by atoms with van der Waals surface area (Å²) in [7, 11) is 1.53. The van der Waals surface area contributed by atoms with Gasteiger partial charge in [-0.3, -0.25) is 9.59 Å². The van der Waals surface area contributed by atoms with Crippen molar-refractivity contribution in [3.8, 4) is 11.5 Å². The predicted octanol–water partition coefficient (Wildman–Crippen LogP) is 0.692. The molecule has 1 aromatic carbocycles. The smallest absolute Gasteiger partial charge is 0.257 e. The summed E-state index contributed by atoms with van der Waals surface area (Å²) in [5.41, 5.74) is -0.375. The van der Waals surface area contributed by atoms with Crippen molar-refractivity contribution in [1.82, 2.24) is 16.0 Å². The average molecular weight is 396 g/mol. The van der Waals surface area contributed by atoms with Crippen molar-refractivity contribution in [3.05, 3.63) is 24.3 Å². The number of likely N-dealkylation sites (N-methyl/N-ethyl adjacent to an activating group) is 1. The van der Waals surface area contributed by atoms with Crippen LogP contribution >= 0.6 is 0 Å². The number of hydrogen-bond acceptors (Lipinski definition) is 6. The molecule has 1 aromatic rings. The zero-order valence-corrected chi connectivity index (χ0v) is 17.4. The zero-order valence-electron chi connectivity index (χ0n) is 17.4. The summed E-state index contributed by atoms with van der Waals surface area (Å²) in [4.78, 5) is 23.0. The van der Waals surface area contributed by atoms with Crippen LogP contribution in [0.4, 0.5) is 0 Å². The van der Waals surface area contributed by atoms with Gasteiger partial charge in [0.05, 0.1) is 0 Å². The van der Waals surface area contributed by atoms with Gasteiger partial charge in [-0.25, -0.2) is 0 Å². The summed E-state index contributed by atoms with van der Waals surface area (Å²) in [6.07, 6.45) is -0.757. The maximum absolute atomic E-state index is 11.7. The molecule has 0 heterocycles. The van der Waals surface area contributed by atoms with Crippen LogP contribution in [0.5, 0.6) is 11.5 Å². The first-order valence-electron chi connectivity index (χ1n) is 9.40. The lowest BCUT2D eigenvalue weighted by atomic mass is 10.0. The number of para-hydroxylation sites is 2. The van der Waals surface area contributed by atoms with Gasteiger partial charge in [0.1, 0.15) is 12.7 Å². The van der Waals surface area contributed by atoms with Crippen LogP contribution in [0.1, 0.15) is 27.7 Å². The summed E-state index contributed by atoms with van der Waals surface area (Å²) in [5.74, 6) is 0.565. The Morgan fingerprint density at radius 3 is 2.32 bits per heavy atom. The van der Waals surface area contributed by atoms with Gasteiger partial charge in [-0.2, -0.15) is 0 Å². The normalized spacial score (nSPS) is 12.4. The molecule has 1 unspecified atom stereocenters. The van der Waals surface area contributed by atoms with Gasteiger partial charge in [0.2, 0.25) is 5.91 Å². The molecule has 0 saturated carbocycles. The Hall–Kier alpha value is -2.32. The van der Waals surface area contributed by atoms with Crippen LogP contribution in [-0.2, 0) is 9.59 Å². The van der Waals surface area contributed by atoms with Gasteiger partial charge in [-0.1, -0.05) is 26.0 Å². The number of hydrogen-bond donors (Lipinski definition) is 4. The molecule has 4 N–H and O–H groups in total. The Kier molecular flexibility index (Phi) is 9.75. The highest BCUT2D eigenvalue weighted by Gasteiger charge is 2.20. The molecule has 0 saturated heterocycles. The highest BCUT2D eigenvalue weighted by atomic mass is 16.5. The van der Waals surface area contributed by atoms with E-state index in [0.29, 0.717) is 24.6 Å². The SMILES string of the molecule is CNC(=O)COc1ccccc1OCC(O)CNC(C)(C)CNC(=O)C(C)C. The van der Waals surface area contributed by atoms with Crippen molar-refractivity contribution in [2.45, 2.75) is 39.3 Å². The average Bonchev–Trinajstić information content (AvgIpc) is 2.67. The highest BCUT2D eigenvalue weighted by Crippen LogP contribution is 2.26. The van der Waals surface area contributed by atoms with Crippen molar-refractivity contribution in [2.75, 3.05) is 33.4 Å². The molecule has 8 nitrogen and oxygen atoms in total. The number of rotatable bonds is 12. The maximum Gasteiger partial charge on any atom is 0.257 e. The summed E-state index contributed by atoms with van der Waals surface area (Å²) in [6.45, 7) is 8.27. The first-order chi connectivity index (χ1) is 13.1. The van der Waals surface area contributed by atoms with E-state index in [9.17, 15) is 14.7 Å². The summed E-state index contributed by atoms with van der Waals surface area (Å²) < 4.78 is 11.1. The lowest BCUT2D eigenvalue weighted by Crippen LogP contribution is -2.52. The minimum Gasteiger partial charge on any atom is -0.487 e. The van der Waals surface area contributed by atoms with Crippen molar-refractivity contribution in [1.29, 1.82) is 0 Å². The number of β-amino-alcohol motifs (C(OH)–C–C–N with tert-alkyl or cyclic N) is 1. The third-order valence-corrected chi connectivity index (χ3v) is 3.96. The van der Waals surface area contributed by atoms with Crippen LogP contribution in [-0.4, -0.2) is 61.9 Å². The molecule has 0 bridgehead atoms. The number of amides is 2. The second-order valence-electron chi connectivity index (χ2n) is 7.51. The van der Waals surface area contributed by atoms with Gasteiger partial charge in [0.25, 0.3) is 5.91 Å². The fraction of sp³-hybridized carbons (Fsp3) is 0.600. The minimum atomic E-state index is -0.757. The van der Waals surface area contributed by atoms with E-state index >= 15 is 0 Å². The van der Waals surface area contributed by atoms with Gasteiger partial charge in [-0.15, -0.1) is 0 Å². The molecule has 0 aliphatic carbocycles. The van der Waals surface area contributed by atoms with E-state index in [-0.39, 0.29) is 36.5 Å². The number of benzene rings is 1. The second kappa shape index (κ2) is 11.5. The Morgan fingerprint density at radius 2 is 1.75 bits per heavy atom. The minimum absolute atomic E-state index is 0.00730. The monoisotopic (exact) mass is 395 g/mol. The van der Waals surface area contributed by atoms with Crippen molar-refractivity contribution in [2.24, 2.45) is 5.92 Å². The molecule has 158 valence electrons. The van der Waals surface area contributed by atoms with E-state index in [1.54, 1.807) is 24.3 Å². The fourth-order valence-corrected chi connectivity index (χ4v) is 2.12. The molecule has 0 aliphatic heterocycles. The van der Waals surface area contributed by atoms with Gasteiger partial charge >= 0.3 is 0 Å². The summed E-state index contributed by atoms with van der Waals surface area (Å²) in [5, 5.41) is 18.8. The van der Waals surface area contributed by atoms with E-state index in [2.05, 4.69) is 16.0 Å². The lowest BCUT2D eigenvalue weighted by Gasteiger charge is -2.28.